The first-order valence-electron chi connectivity index (χ1n) is 10.2. The molecule has 0 aliphatic rings. The number of rotatable bonds is 5. The maximum Gasteiger partial charge on any atom is 0.241 e. The Labute approximate surface area is 196 Å². The molecule has 33 heavy (non-hydrogen) atoms. The van der Waals surface area contributed by atoms with Crippen LogP contribution in [0, 0.1) is 13.8 Å². The third kappa shape index (κ3) is 4.53. The second-order valence-corrected chi connectivity index (χ2v) is 9.84. The van der Waals surface area contributed by atoms with E-state index < -0.39 is 16.1 Å². The largest absolute Gasteiger partial charge is 0.484 e. The zero-order valence-electron chi connectivity index (χ0n) is 18.3. The van der Waals surface area contributed by atoms with Crippen LogP contribution in [-0.2, 0) is 10.0 Å². The van der Waals surface area contributed by atoms with E-state index in [1.807, 2.05) is 43.3 Å². The van der Waals surface area contributed by atoms with Crippen LogP contribution in [0.1, 0.15) is 29.7 Å². The van der Waals surface area contributed by atoms with Crippen LogP contribution in [0.5, 0.6) is 5.75 Å². The SMILES string of the molecule is Cc1cc(C(C)Oc2ccc(Cl)cc2S(N)(=O)=O)c2oc(-c3ccccc3)c(C)c(=O)c2c1. The quantitative estimate of drug-likeness (QED) is 0.403. The lowest BCUT2D eigenvalue weighted by atomic mass is 10.00. The van der Waals surface area contributed by atoms with Gasteiger partial charge >= 0.3 is 0 Å². The molecule has 0 aliphatic heterocycles. The van der Waals surface area contributed by atoms with Gasteiger partial charge in [-0.2, -0.15) is 0 Å². The summed E-state index contributed by atoms with van der Waals surface area (Å²) in [5, 5.41) is 6.00. The van der Waals surface area contributed by atoms with E-state index in [0.29, 0.717) is 27.9 Å². The normalized spacial score (nSPS) is 12.6. The number of halogens is 1. The van der Waals surface area contributed by atoms with Crippen LogP contribution in [0.25, 0.3) is 22.3 Å². The number of aryl methyl sites for hydroxylation is 1. The number of ether oxygens (including phenoxy) is 1. The molecule has 1 heterocycles. The zero-order valence-corrected chi connectivity index (χ0v) is 19.8. The maximum atomic E-state index is 13.2. The molecule has 0 amide bonds. The third-order valence-electron chi connectivity index (χ3n) is 5.38. The Morgan fingerprint density at radius 3 is 2.39 bits per heavy atom. The van der Waals surface area contributed by atoms with Gasteiger partial charge in [-0.15, -0.1) is 0 Å². The van der Waals surface area contributed by atoms with Crippen molar-refractivity contribution in [2.45, 2.75) is 31.8 Å². The topological polar surface area (TPSA) is 99.6 Å². The second-order valence-electron chi connectivity index (χ2n) is 7.88. The van der Waals surface area contributed by atoms with Crippen molar-refractivity contribution in [3.63, 3.8) is 0 Å². The highest BCUT2D eigenvalue weighted by molar-refractivity contribution is 7.89. The summed E-state index contributed by atoms with van der Waals surface area (Å²) in [6.07, 6.45) is -0.663. The Morgan fingerprint density at radius 1 is 1.03 bits per heavy atom. The van der Waals surface area contributed by atoms with E-state index in [4.69, 9.17) is 25.9 Å². The van der Waals surface area contributed by atoms with E-state index in [2.05, 4.69) is 0 Å². The van der Waals surface area contributed by atoms with Crippen molar-refractivity contribution in [2.75, 3.05) is 0 Å². The average Bonchev–Trinajstić information content (AvgIpc) is 2.77. The Balaban J connectivity index is 1.90. The monoisotopic (exact) mass is 483 g/mol. The van der Waals surface area contributed by atoms with E-state index in [-0.39, 0.29) is 21.1 Å². The highest BCUT2D eigenvalue weighted by Crippen LogP contribution is 2.35. The van der Waals surface area contributed by atoms with Crippen molar-refractivity contribution in [2.24, 2.45) is 5.14 Å². The number of hydrogen-bond donors (Lipinski definition) is 1. The van der Waals surface area contributed by atoms with Crippen molar-refractivity contribution in [1.82, 2.24) is 0 Å². The number of hydrogen-bond acceptors (Lipinski definition) is 5. The maximum absolute atomic E-state index is 13.2. The van der Waals surface area contributed by atoms with Gasteiger partial charge in [0.05, 0.1) is 5.39 Å². The summed E-state index contributed by atoms with van der Waals surface area (Å²) in [6, 6.07) is 17.2. The Morgan fingerprint density at radius 2 is 1.73 bits per heavy atom. The van der Waals surface area contributed by atoms with Gasteiger partial charge < -0.3 is 9.15 Å². The fourth-order valence-corrected chi connectivity index (χ4v) is 4.71. The number of primary sulfonamides is 1. The second kappa shape index (κ2) is 8.67. The zero-order chi connectivity index (χ0) is 23.9. The van der Waals surface area contributed by atoms with Gasteiger partial charge in [0.15, 0.2) is 5.43 Å². The van der Waals surface area contributed by atoms with E-state index in [9.17, 15) is 13.2 Å². The van der Waals surface area contributed by atoms with E-state index >= 15 is 0 Å². The standard InChI is InChI=1S/C25H22ClNO5S/c1-14-11-19(16(3)31-21-10-9-18(26)13-22(21)33(27,29)30)25-20(12-14)23(28)15(2)24(32-25)17-7-5-4-6-8-17/h4-13,16H,1-3H3,(H2,27,29,30). The van der Waals surface area contributed by atoms with Crippen molar-refractivity contribution in [1.29, 1.82) is 0 Å². The van der Waals surface area contributed by atoms with Crippen LogP contribution in [-0.4, -0.2) is 8.42 Å². The molecule has 6 nitrogen and oxygen atoms in total. The molecule has 0 radical (unpaired) electrons. The summed E-state index contributed by atoms with van der Waals surface area (Å²) >= 11 is 5.96. The Kier molecular flexibility index (Phi) is 6.05. The minimum Gasteiger partial charge on any atom is -0.484 e. The van der Waals surface area contributed by atoms with E-state index in [1.165, 1.54) is 18.2 Å². The lowest BCUT2D eigenvalue weighted by Gasteiger charge is -2.19. The number of sulfonamides is 1. The smallest absolute Gasteiger partial charge is 0.241 e. The van der Waals surface area contributed by atoms with Gasteiger partial charge in [-0.25, -0.2) is 13.6 Å². The summed E-state index contributed by atoms with van der Waals surface area (Å²) in [6.45, 7) is 5.35. The van der Waals surface area contributed by atoms with Crippen molar-refractivity contribution in [3.8, 4) is 17.1 Å². The predicted octanol–water partition coefficient (Wildman–Crippen LogP) is 5.52. The molecule has 170 valence electrons. The predicted molar refractivity (Wildman–Crippen MR) is 129 cm³/mol. The van der Waals surface area contributed by atoms with Crippen LogP contribution >= 0.6 is 11.6 Å². The minimum absolute atomic E-state index is 0.0572. The number of nitrogens with two attached hydrogens (primary N) is 1. The molecule has 8 heteroatoms. The van der Waals surface area contributed by atoms with Gasteiger partial charge in [0.1, 0.15) is 28.1 Å². The van der Waals surface area contributed by atoms with Crippen LogP contribution in [0.3, 0.4) is 0 Å². The first-order chi connectivity index (χ1) is 15.6. The lowest BCUT2D eigenvalue weighted by molar-refractivity contribution is 0.220. The molecule has 1 aromatic heterocycles. The Hall–Kier alpha value is -3.13. The van der Waals surface area contributed by atoms with Crippen LogP contribution in [0.15, 0.2) is 74.8 Å². The van der Waals surface area contributed by atoms with Gasteiger partial charge in [-0.05, 0) is 56.7 Å². The van der Waals surface area contributed by atoms with Crippen LogP contribution in [0.4, 0.5) is 0 Å². The molecule has 1 unspecified atom stereocenters. The van der Waals surface area contributed by atoms with Crippen LogP contribution < -0.4 is 15.3 Å². The molecule has 4 rings (SSSR count). The molecular weight excluding hydrogens is 462 g/mol. The van der Waals surface area contributed by atoms with Crippen molar-refractivity contribution >= 4 is 32.6 Å². The Bertz CT molecular complexity index is 1530. The van der Waals surface area contributed by atoms with Gasteiger partial charge in [-0.1, -0.05) is 41.9 Å². The lowest BCUT2D eigenvalue weighted by Crippen LogP contribution is -2.15. The summed E-state index contributed by atoms with van der Waals surface area (Å²) in [5.41, 5.74) is 2.98. The molecule has 0 aliphatic carbocycles. The third-order valence-corrected chi connectivity index (χ3v) is 6.55. The van der Waals surface area contributed by atoms with Gasteiger partial charge in [0.2, 0.25) is 10.0 Å². The van der Waals surface area contributed by atoms with Gasteiger partial charge in [0.25, 0.3) is 0 Å². The summed E-state index contributed by atoms with van der Waals surface area (Å²) in [4.78, 5) is 13.0. The molecule has 4 aromatic rings. The molecule has 0 fully saturated rings. The highest BCUT2D eigenvalue weighted by atomic mass is 35.5. The minimum atomic E-state index is -4.07. The molecule has 0 saturated carbocycles. The highest BCUT2D eigenvalue weighted by Gasteiger charge is 2.22. The summed E-state index contributed by atoms with van der Waals surface area (Å²) < 4.78 is 36.4. The average molecular weight is 484 g/mol. The van der Waals surface area contributed by atoms with Crippen LogP contribution in [0.2, 0.25) is 5.02 Å². The molecule has 2 N–H and O–H groups in total. The fraction of sp³-hybridized carbons (Fsp3) is 0.160. The van der Waals surface area contributed by atoms with Gasteiger partial charge in [-0.3, -0.25) is 4.79 Å². The summed E-state index contributed by atoms with van der Waals surface area (Å²) in [7, 11) is -4.07. The molecule has 0 saturated heterocycles. The molecule has 1 atom stereocenters. The molecule has 0 bridgehead atoms. The number of fused-ring (bicyclic) bond motifs is 1. The molecular formula is C25H22ClNO5S. The number of benzene rings is 3. The van der Waals surface area contributed by atoms with E-state index in [1.54, 1.807) is 19.9 Å². The van der Waals surface area contributed by atoms with Crippen molar-refractivity contribution < 1.29 is 17.6 Å². The fourth-order valence-electron chi connectivity index (χ4n) is 3.79. The molecule has 0 spiro atoms. The van der Waals surface area contributed by atoms with Gasteiger partial charge in [0, 0.05) is 21.7 Å². The first kappa shape index (κ1) is 23.0. The molecule has 3 aromatic carbocycles. The van der Waals surface area contributed by atoms with Crippen molar-refractivity contribution in [3.05, 3.63) is 92.6 Å². The van der Waals surface area contributed by atoms with E-state index in [0.717, 1.165) is 11.1 Å². The first-order valence-corrected chi connectivity index (χ1v) is 12.1. The summed E-state index contributed by atoms with van der Waals surface area (Å²) in [5.74, 6) is 0.531.